The van der Waals surface area contributed by atoms with E-state index in [9.17, 15) is 5.26 Å². The van der Waals surface area contributed by atoms with Crippen LogP contribution in [0.25, 0.3) is 0 Å². The Morgan fingerprint density at radius 3 is 2.25 bits per heavy atom. The summed E-state index contributed by atoms with van der Waals surface area (Å²) in [6.07, 6.45) is 10.3. The van der Waals surface area contributed by atoms with Crippen LogP contribution in [0.4, 0.5) is 0 Å². The number of nitrogens with zero attached hydrogens (tertiary/aromatic N) is 1. The lowest BCUT2D eigenvalue weighted by molar-refractivity contribution is 0.250. The maximum Gasteiger partial charge on any atom is 0.0701 e. The number of unbranched alkanes of at least 4 members (excludes halogenated alkanes) is 1. The van der Waals surface area contributed by atoms with Crippen molar-refractivity contribution in [3.63, 3.8) is 0 Å². The van der Waals surface area contributed by atoms with Crippen molar-refractivity contribution in [2.24, 2.45) is 16.2 Å². The normalized spacial score (nSPS) is 34.6. The Morgan fingerprint density at radius 1 is 1.12 bits per heavy atom. The summed E-state index contributed by atoms with van der Waals surface area (Å²) < 4.78 is 0. The van der Waals surface area contributed by atoms with Crippen LogP contribution in [0, 0.1) is 27.6 Å². The third-order valence-electron chi connectivity index (χ3n) is 5.82. The van der Waals surface area contributed by atoms with Crippen molar-refractivity contribution in [2.75, 3.05) is 0 Å². The van der Waals surface area contributed by atoms with Gasteiger partial charge < -0.3 is 0 Å². The first-order valence-electron chi connectivity index (χ1n) is 6.99. The van der Waals surface area contributed by atoms with Gasteiger partial charge in [-0.15, -0.1) is 0 Å². The van der Waals surface area contributed by atoms with Gasteiger partial charge in [0, 0.05) is 0 Å². The van der Waals surface area contributed by atoms with E-state index in [-0.39, 0.29) is 10.8 Å². The van der Waals surface area contributed by atoms with Gasteiger partial charge in [-0.2, -0.15) is 5.26 Å². The highest BCUT2D eigenvalue weighted by Crippen LogP contribution is 2.84. The van der Waals surface area contributed by atoms with Crippen LogP contribution in [-0.2, 0) is 0 Å². The van der Waals surface area contributed by atoms with Crippen molar-refractivity contribution < 1.29 is 0 Å². The molecule has 1 unspecified atom stereocenters. The molecule has 1 spiro atoms. The van der Waals surface area contributed by atoms with Gasteiger partial charge in [0.1, 0.15) is 0 Å². The molecule has 0 aromatic rings. The maximum absolute atomic E-state index is 9.69. The monoisotopic (exact) mass is 219 g/mol. The quantitative estimate of drug-likeness (QED) is 0.676. The lowest BCUT2D eigenvalue weighted by Crippen LogP contribution is -2.17. The highest BCUT2D eigenvalue weighted by Gasteiger charge is 2.80. The Kier molecular flexibility index (Phi) is 2.81. The molecule has 0 aromatic heterocycles. The van der Waals surface area contributed by atoms with Crippen LogP contribution in [0.5, 0.6) is 0 Å². The molecular formula is C15H25N. The van der Waals surface area contributed by atoms with Crippen molar-refractivity contribution in [1.82, 2.24) is 0 Å². The summed E-state index contributed by atoms with van der Waals surface area (Å²) in [5.74, 6) is 0. The third-order valence-corrected chi connectivity index (χ3v) is 5.82. The first-order chi connectivity index (χ1) is 7.58. The Bertz CT molecular complexity index is 304. The Balaban J connectivity index is 2.23. The van der Waals surface area contributed by atoms with Crippen molar-refractivity contribution in [2.45, 2.75) is 72.1 Å². The number of hydrogen-bond acceptors (Lipinski definition) is 1. The van der Waals surface area contributed by atoms with E-state index in [0.717, 1.165) is 6.42 Å². The summed E-state index contributed by atoms with van der Waals surface area (Å²) in [6, 6.07) is 2.74. The van der Waals surface area contributed by atoms with E-state index >= 15 is 0 Å². The summed E-state index contributed by atoms with van der Waals surface area (Å²) >= 11 is 0. The summed E-state index contributed by atoms with van der Waals surface area (Å²) in [4.78, 5) is 0. The first-order valence-corrected chi connectivity index (χ1v) is 6.99. The minimum Gasteiger partial charge on any atom is -0.198 e. The van der Waals surface area contributed by atoms with Gasteiger partial charge in [-0.3, -0.25) is 0 Å². The predicted octanol–water partition coefficient (Wildman–Crippen LogP) is 4.68. The molecular weight excluding hydrogens is 194 g/mol. The molecule has 1 heteroatoms. The minimum absolute atomic E-state index is 0.0103. The molecule has 0 N–H and O–H groups in total. The van der Waals surface area contributed by atoms with Gasteiger partial charge in [0.2, 0.25) is 0 Å². The first kappa shape index (κ1) is 12.0. The highest BCUT2D eigenvalue weighted by atomic mass is 14.8. The Morgan fingerprint density at radius 2 is 1.75 bits per heavy atom. The zero-order chi connectivity index (χ0) is 11.9. The molecule has 0 radical (unpaired) electrons. The number of hydrogen-bond donors (Lipinski definition) is 0. The topological polar surface area (TPSA) is 23.8 Å². The molecule has 2 aliphatic carbocycles. The van der Waals surface area contributed by atoms with Crippen LogP contribution in [0.15, 0.2) is 0 Å². The van der Waals surface area contributed by atoms with E-state index in [2.05, 4.69) is 26.8 Å². The van der Waals surface area contributed by atoms with Gasteiger partial charge >= 0.3 is 0 Å². The second-order valence-electron chi connectivity index (χ2n) is 6.39. The molecule has 90 valence electrons. The zero-order valence-corrected chi connectivity index (χ0v) is 11.1. The second-order valence-corrected chi connectivity index (χ2v) is 6.39. The van der Waals surface area contributed by atoms with Crippen molar-refractivity contribution >= 4 is 0 Å². The summed E-state index contributed by atoms with van der Waals surface area (Å²) in [7, 11) is 0. The van der Waals surface area contributed by atoms with Crippen molar-refractivity contribution in [3.05, 3.63) is 0 Å². The van der Waals surface area contributed by atoms with Crippen molar-refractivity contribution in [3.8, 4) is 6.07 Å². The standard InChI is InChI=1S/C15H25N/c1-4-5-9-15(12-16)13(2,3)14(15)10-7-6-8-11-14/h4-11H2,1-3H3. The molecule has 0 bridgehead atoms. The fraction of sp³-hybridized carbons (Fsp3) is 0.933. The summed E-state index contributed by atoms with van der Waals surface area (Å²) in [5, 5.41) is 9.69. The molecule has 2 fully saturated rings. The molecule has 2 aliphatic rings. The average Bonchev–Trinajstić information content (AvgIpc) is 2.68. The fourth-order valence-corrected chi connectivity index (χ4v) is 4.66. The van der Waals surface area contributed by atoms with E-state index < -0.39 is 0 Å². The predicted molar refractivity (Wildman–Crippen MR) is 66.9 cm³/mol. The molecule has 0 saturated heterocycles. The average molecular weight is 219 g/mol. The fourth-order valence-electron chi connectivity index (χ4n) is 4.66. The molecule has 0 amide bonds. The van der Waals surface area contributed by atoms with E-state index in [1.54, 1.807) is 0 Å². The molecule has 2 rings (SSSR count). The largest absolute Gasteiger partial charge is 0.198 e. The number of rotatable bonds is 3. The van der Waals surface area contributed by atoms with Crippen molar-refractivity contribution in [1.29, 1.82) is 5.26 Å². The summed E-state index contributed by atoms with van der Waals surface area (Å²) in [6.45, 7) is 6.92. The van der Waals surface area contributed by atoms with Gasteiger partial charge in [-0.1, -0.05) is 52.9 Å². The van der Waals surface area contributed by atoms with Crippen LogP contribution in [0.1, 0.15) is 72.1 Å². The van der Waals surface area contributed by atoms with E-state index in [4.69, 9.17) is 0 Å². The van der Waals surface area contributed by atoms with Crippen LogP contribution in [0.2, 0.25) is 0 Å². The molecule has 1 atom stereocenters. The van der Waals surface area contributed by atoms with E-state index in [0.29, 0.717) is 5.41 Å². The minimum atomic E-state index is 0.0103. The van der Waals surface area contributed by atoms with Crippen LogP contribution in [-0.4, -0.2) is 0 Å². The molecule has 16 heavy (non-hydrogen) atoms. The molecule has 0 aromatic carbocycles. The smallest absolute Gasteiger partial charge is 0.0701 e. The number of nitriles is 1. The van der Waals surface area contributed by atoms with Gasteiger partial charge in [0.15, 0.2) is 0 Å². The molecule has 0 aliphatic heterocycles. The Labute approximate surface area is 100 Å². The van der Waals surface area contributed by atoms with Crippen LogP contribution < -0.4 is 0 Å². The molecule has 0 heterocycles. The van der Waals surface area contributed by atoms with E-state index in [1.165, 1.54) is 44.9 Å². The van der Waals surface area contributed by atoms with Gasteiger partial charge in [-0.25, -0.2) is 0 Å². The van der Waals surface area contributed by atoms with E-state index in [1.807, 2.05) is 0 Å². The maximum atomic E-state index is 9.69. The molecule has 1 nitrogen and oxygen atoms in total. The highest BCUT2D eigenvalue weighted by molar-refractivity contribution is 5.35. The van der Waals surface area contributed by atoms with Gasteiger partial charge in [-0.05, 0) is 30.1 Å². The van der Waals surface area contributed by atoms with Gasteiger partial charge in [0.25, 0.3) is 0 Å². The lowest BCUT2D eigenvalue weighted by atomic mass is 9.77. The van der Waals surface area contributed by atoms with Crippen LogP contribution in [0.3, 0.4) is 0 Å². The molecule has 2 saturated carbocycles. The SMILES string of the molecule is CCCCC1(C#N)C(C)(C)C12CCCCC2. The second kappa shape index (κ2) is 3.76. The van der Waals surface area contributed by atoms with Crippen LogP contribution >= 0.6 is 0 Å². The van der Waals surface area contributed by atoms with Gasteiger partial charge in [0.05, 0.1) is 11.5 Å². The summed E-state index contributed by atoms with van der Waals surface area (Å²) in [5.41, 5.74) is 0.656. The zero-order valence-electron chi connectivity index (χ0n) is 11.1. The Hall–Kier alpha value is -0.510. The third kappa shape index (κ3) is 1.17. The lowest BCUT2D eigenvalue weighted by Gasteiger charge is -2.26.